The lowest BCUT2D eigenvalue weighted by Gasteiger charge is -2.23. The molecular weight excluding hydrogens is 323 g/mol. The van der Waals surface area contributed by atoms with Crippen LogP contribution in [0, 0.1) is 6.92 Å². The molecule has 0 saturated carbocycles. The molecule has 1 aromatic heterocycles. The first-order valence-corrected chi connectivity index (χ1v) is 8.20. The molecule has 1 aliphatic heterocycles. The van der Waals surface area contributed by atoms with E-state index in [2.05, 4.69) is 15.1 Å². The van der Waals surface area contributed by atoms with Crippen molar-refractivity contribution in [1.82, 2.24) is 19.8 Å². The minimum absolute atomic E-state index is 0. The molecule has 116 valence electrons. The van der Waals surface area contributed by atoms with Crippen molar-refractivity contribution in [3.05, 3.63) is 10.8 Å². The van der Waals surface area contributed by atoms with Crippen molar-refractivity contribution in [3.63, 3.8) is 0 Å². The predicted octanol–water partition coefficient (Wildman–Crippen LogP) is 1.22. The number of hydrogen-bond donors (Lipinski definition) is 2. The van der Waals surface area contributed by atoms with Crippen LogP contribution in [0.1, 0.15) is 25.0 Å². The Morgan fingerprint density at radius 3 is 2.70 bits per heavy atom. The van der Waals surface area contributed by atoms with Gasteiger partial charge in [0.15, 0.2) is 0 Å². The van der Waals surface area contributed by atoms with Crippen LogP contribution in [-0.2, 0) is 17.1 Å². The molecule has 1 saturated heterocycles. The van der Waals surface area contributed by atoms with Crippen molar-refractivity contribution in [2.75, 3.05) is 13.1 Å². The smallest absolute Gasteiger partial charge is 0.245 e. The molecule has 0 amide bonds. The maximum Gasteiger partial charge on any atom is 0.245 e. The van der Waals surface area contributed by atoms with Crippen LogP contribution >= 0.6 is 24.0 Å². The SMILES string of the molecule is Cc1nn(C)c(Cl)c1S(=O)(=O)NCC1CCCCN1.Cl. The lowest BCUT2D eigenvalue weighted by Crippen LogP contribution is -2.43. The topological polar surface area (TPSA) is 76.0 Å². The van der Waals surface area contributed by atoms with E-state index in [1.54, 1.807) is 14.0 Å². The Hall–Kier alpha value is -0.340. The van der Waals surface area contributed by atoms with Crippen molar-refractivity contribution in [1.29, 1.82) is 0 Å². The van der Waals surface area contributed by atoms with Gasteiger partial charge < -0.3 is 5.32 Å². The first-order valence-electron chi connectivity index (χ1n) is 6.34. The van der Waals surface area contributed by atoms with E-state index in [-0.39, 0.29) is 28.5 Å². The normalized spacial score (nSPS) is 19.6. The highest BCUT2D eigenvalue weighted by Crippen LogP contribution is 2.23. The summed E-state index contributed by atoms with van der Waals surface area (Å²) in [7, 11) is -1.98. The lowest BCUT2D eigenvalue weighted by molar-refractivity contribution is 0.398. The summed E-state index contributed by atoms with van der Waals surface area (Å²) in [5, 5.41) is 7.46. The zero-order valence-corrected chi connectivity index (χ0v) is 13.9. The van der Waals surface area contributed by atoms with E-state index < -0.39 is 10.0 Å². The van der Waals surface area contributed by atoms with Crippen molar-refractivity contribution >= 4 is 34.0 Å². The summed E-state index contributed by atoms with van der Waals surface area (Å²) >= 11 is 5.99. The van der Waals surface area contributed by atoms with E-state index in [1.807, 2.05) is 0 Å². The third-order valence-corrected chi connectivity index (χ3v) is 5.42. The van der Waals surface area contributed by atoms with Crippen LogP contribution in [0.15, 0.2) is 4.90 Å². The molecule has 1 fully saturated rings. The average molecular weight is 343 g/mol. The lowest BCUT2D eigenvalue weighted by atomic mass is 10.1. The minimum atomic E-state index is -3.61. The van der Waals surface area contributed by atoms with Gasteiger partial charge >= 0.3 is 0 Å². The van der Waals surface area contributed by atoms with Crippen LogP contribution in [-0.4, -0.2) is 37.3 Å². The van der Waals surface area contributed by atoms with Crippen LogP contribution in [0.2, 0.25) is 5.15 Å². The van der Waals surface area contributed by atoms with Crippen molar-refractivity contribution in [3.8, 4) is 0 Å². The molecule has 0 aromatic carbocycles. The highest BCUT2D eigenvalue weighted by atomic mass is 35.5. The Morgan fingerprint density at radius 1 is 1.50 bits per heavy atom. The molecule has 0 bridgehead atoms. The molecule has 20 heavy (non-hydrogen) atoms. The maximum absolute atomic E-state index is 12.3. The number of aryl methyl sites for hydroxylation is 2. The summed E-state index contributed by atoms with van der Waals surface area (Å²) in [6, 6.07) is 0.194. The molecule has 0 spiro atoms. The molecule has 2 heterocycles. The third-order valence-electron chi connectivity index (χ3n) is 3.30. The Labute approximate surface area is 130 Å². The van der Waals surface area contributed by atoms with Gasteiger partial charge in [0.25, 0.3) is 0 Å². The number of rotatable bonds is 4. The molecule has 0 aliphatic carbocycles. The Bertz CT molecular complexity index is 553. The van der Waals surface area contributed by atoms with Gasteiger partial charge in [-0.3, -0.25) is 4.68 Å². The molecule has 6 nitrogen and oxygen atoms in total. The van der Waals surface area contributed by atoms with Gasteiger partial charge in [-0.2, -0.15) is 5.10 Å². The molecule has 0 radical (unpaired) electrons. The van der Waals surface area contributed by atoms with Crippen LogP contribution in [0.25, 0.3) is 0 Å². The maximum atomic E-state index is 12.3. The van der Waals surface area contributed by atoms with Crippen LogP contribution in [0.3, 0.4) is 0 Å². The molecule has 1 aliphatic rings. The summed E-state index contributed by atoms with van der Waals surface area (Å²) in [6.07, 6.45) is 3.27. The standard InChI is InChI=1S/C11H19ClN4O2S.ClH/c1-8-10(11(12)16(2)15-8)19(17,18)14-7-9-5-3-4-6-13-9;/h9,13-14H,3-7H2,1-2H3;1H. The number of sulfonamides is 1. The van der Waals surface area contributed by atoms with E-state index in [4.69, 9.17) is 11.6 Å². The summed E-state index contributed by atoms with van der Waals surface area (Å²) in [6.45, 7) is 2.96. The first kappa shape index (κ1) is 17.7. The van der Waals surface area contributed by atoms with Crippen molar-refractivity contribution in [2.45, 2.75) is 37.1 Å². The molecule has 2 N–H and O–H groups in total. The molecule has 1 atom stereocenters. The van der Waals surface area contributed by atoms with E-state index in [9.17, 15) is 8.42 Å². The van der Waals surface area contributed by atoms with E-state index >= 15 is 0 Å². The molecule has 2 rings (SSSR count). The quantitative estimate of drug-likeness (QED) is 0.862. The number of aromatic nitrogens is 2. The van der Waals surface area contributed by atoms with Crippen molar-refractivity contribution < 1.29 is 8.42 Å². The first-order chi connectivity index (χ1) is 8.92. The second-order valence-corrected chi connectivity index (χ2v) is 6.89. The predicted molar refractivity (Wildman–Crippen MR) is 81.0 cm³/mol. The number of hydrogen-bond acceptors (Lipinski definition) is 4. The zero-order chi connectivity index (χ0) is 14.0. The summed E-state index contributed by atoms with van der Waals surface area (Å²) in [5.41, 5.74) is 0.414. The minimum Gasteiger partial charge on any atom is -0.313 e. The number of nitrogens with zero attached hydrogens (tertiary/aromatic N) is 2. The van der Waals surface area contributed by atoms with Gasteiger partial charge in [-0.1, -0.05) is 18.0 Å². The van der Waals surface area contributed by atoms with Gasteiger partial charge in [-0.15, -0.1) is 12.4 Å². The summed E-state index contributed by atoms with van der Waals surface area (Å²) < 4.78 is 28.5. The van der Waals surface area contributed by atoms with Crippen LogP contribution < -0.4 is 10.0 Å². The number of halogens is 2. The van der Waals surface area contributed by atoms with Gasteiger partial charge in [0.1, 0.15) is 10.0 Å². The average Bonchev–Trinajstić information content (AvgIpc) is 2.63. The van der Waals surface area contributed by atoms with Gasteiger partial charge in [0.2, 0.25) is 10.0 Å². The second kappa shape index (κ2) is 7.09. The summed E-state index contributed by atoms with van der Waals surface area (Å²) in [4.78, 5) is 0.0764. The second-order valence-electron chi connectivity index (χ2n) is 4.83. The van der Waals surface area contributed by atoms with Crippen LogP contribution in [0.4, 0.5) is 0 Å². The van der Waals surface area contributed by atoms with Crippen LogP contribution in [0.5, 0.6) is 0 Å². The molecular formula is C11H20Cl2N4O2S. The van der Waals surface area contributed by atoms with Gasteiger partial charge in [0, 0.05) is 19.6 Å². The van der Waals surface area contributed by atoms with E-state index in [0.717, 1.165) is 25.8 Å². The molecule has 9 heteroatoms. The molecule has 1 aromatic rings. The third kappa shape index (κ3) is 3.85. The molecule has 1 unspecified atom stereocenters. The van der Waals surface area contributed by atoms with Gasteiger partial charge in [-0.05, 0) is 26.3 Å². The van der Waals surface area contributed by atoms with E-state index in [1.165, 1.54) is 4.68 Å². The fourth-order valence-corrected chi connectivity index (χ4v) is 4.12. The number of piperidine rings is 1. The van der Waals surface area contributed by atoms with Crippen molar-refractivity contribution in [2.24, 2.45) is 7.05 Å². The highest BCUT2D eigenvalue weighted by molar-refractivity contribution is 7.89. The zero-order valence-electron chi connectivity index (χ0n) is 11.5. The largest absolute Gasteiger partial charge is 0.313 e. The Kier molecular flexibility index (Phi) is 6.27. The Morgan fingerprint density at radius 2 is 2.20 bits per heavy atom. The van der Waals surface area contributed by atoms with Gasteiger partial charge in [-0.25, -0.2) is 13.1 Å². The Balaban J connectivity index is 0.00000200. The van der Waals surface area contributed by atoms with Gasteiger partial charge in [0.05, 0.1) is 5.69 Å². The highest BCUT2D eigenvalue weighted by Gasteiger charge is 2.26. The fraction of sp³-hybridized carbons (Fsp3) is 0.727. The van der Waals surface area contributed by atoms with E-state index in [0.29, 0.717) is 12.2 Å². The fourth-order valence-electron chi connectivity index (χ4n) is 2.30. The summed E-state index contributed by atoms with van der Waals surface area (Å²) in [5.74, 6) is 0. The monoisotopic (exact) mass is 342 g/mol. The number of nitrogens with one attached hydrogen (secondary N) is 2.